The van der Waals surface area contributed by atoms with E-state index in [4.69, 9.17) is 4.74 Å². The Morgan fingerprint density at radius 1 is 1.29 bits per heavy atom. The van der Waals surface area contributed by atoms with Gasteiger partial charge in [0.25, 0.3) is 0 Å². The quantitative estimate of drug-likeness (QED) is 0.855. The second-order valence-corrected chi connectivity index (χ2v) is 4.21. The summed E-state index contributed by atoms with van der Waals surface area (Å²) < 4.78 is 32.0. The van der Waals surface area contributed by atoms with Crippen molar-refractivity contribution < 1.29 is 13.5 Å². The summed E-state index contributed by atoms with van der Waals surface area (Å²) in [5.41, 5.74) is -0.00692. The predicted octanol–water partition coefficient (Wildman–Crippen LogP) is 2.35. The molecule has 1 saturated heterocycles. The van der Waals surface area contributed by atoms with Gasteiger partial charge in [-0.05, 0) is 19.1 Å². The van der Waals surface area contributed by atoms with Crippen molar-refractivity contribution in [3.05, 3.63) is 41.5 Å². The molecular weight excluding hydrogens is 224 g/mol. The van der Waals surface area contributed by atoms with Gasteiger partial charge < -0.3 is 10.1 Å². The number of benzene rings is 1. The SMILES string of the molecule is CC1COCC(/C=C/c2c(F)cccc2F)N1. The van der Waals surface area contributed by atoms with Crippen LogP contribution in [0.15, 0.2) is 24.3 Å². The molecule has 0 amide bonds. The minimum atomic E-state index is -0.550. The molecule has 1 aromatic carbocycles. The summed E-state index contributed by atoms with van der Waals surface area (Å²) in [6.07, 6.45) is 3.20. The molecule has 1 N–H and O–H groups in total. The molecule has 1 fully saturated rings. The van der Waals surface area contributed by atoms with E-state index in [9.17, 15) is 8.78 Å². The van der Waals surface area contributed by atoms with Gasteiger partial charge in [0.05, 0.1) is 13.2 Å². The van der Waals surface area contributed by atoms with Crippen molar-refractivity contribution in [2.45, 2.75) is 19.0 Å². The van der Waals surface area contributed by atoms with Gasteiger partial charge in [-0.2, -0.15) is 0 Å². The van der Waals surface area contributed by atoms with Gasteiger partial charge in [0.15, 0.2) is 0 Å². The average Bonchev–Trinajstić information content (AvgIpc) is 2.28. The fourth-order valence-corrected chi connectivity index (χ4v) is 1.83. The molecule has 1 aliphatic rings. The Hall–Kier alpha value is -1.26. The third-order valence-corrected chi connectivity index (χ3v) is 2.66. The van der Waals surface area contributed by atoms with E-state index >= 15 is 0 Å². The Kier molecular flexibility index (Phi) is 3.86. The van der Waals surface area contributed by atoms with Crippen molar-refractivity contribution in [3.63, 3.8) is 0 Å². The molecule has 1 aliphatic heterocycles. The first-order valence-corrected chi connectivity index (χ1v) is 5.63. The lowest BCUT2D eigenvalue weighted by atomic mass is 10.1. The number of hydrogen-bond acceptors (Lipinski definition) is 2. The van der Waals surface area contributed by atoms with Gasteiger partial charge in [-0.3, -0.25) is 0 Å². The molecule has 0 spiro atoms. The molecule has 17 heavy (non-hydrogen) atoms. The highest BCUT2D eigenvalue weighted by Gasteiger charge is 2.15. The van der Waals surface area contributed by atoms with Crippen LogP contribution in [0.3, 0.4) is 0 Å². The maximum atomic E-state index is 13.3. The van der Waals surface area contributed by atoms with Crippen molar-refractivity contribution in [2.24, 2.45) is 0 Å². The lowest BCUT2D eigenvalue weighted by molar-refractivity contribution is 0.0637. The Balaban J connectivity index is 2.09. The summed E-state index contributed by atoms with van der Waals surface area (Å²) in [5, 5.41) is 3.27. The summed E-state index contributed by atoms with van der Waals surface area (Å²) in [7, 11) is 0. The molecule has 0 bridgehead atoms. The van der Waals surface area contributed by atoms with Crippen LogP contribution >= 0.6 is 0 Å². The lowest BCUT2D eigenvalue weighted by Crippen LogP contribution is -2.46. The normalized spacial score (nSPS) is 25.4. The van der Waals surface area contributed by atoms with E-state index in [2.05, 4.69) is 5.32 Å². The summed E-state index contributed by atoms with van der Waals surface area (Å²) in [5.74, 6) is -1.10. The first kappa shape index (κ1) is 12.2. The molecule has 1 aromatic rings. The second kappa shape index (κ2) is 5.38. The summed E-state index contributed by atoms with van der Waals surface area (Å²) in [6, 6.07) is 4.10. The Labute approximate surface area is 99.3 Å². The monoisotopic (exact) mass is 239 g/mol. The van der Waals surface area contributed by atoms with Crippen LogP contribution in [-0.2, 0) is 4.74 Å². The number of ether oxygens (including phenoxy) is 1. The summed E-state index contributed by atoms with van der Waals surface area (Å²) in [6.45, 7) is 3.19. The Bertz CT molecular complexity index is 400. The fraction of sp³-hybridized carbons (Fsp3) is 0.385. The maximum absolute atomic E-state index is 13.3. The van der Waals surface area contributed by atoms with E-state index < -0.39 is 11.6 Å². The van der Waals surface area contributed by atoms with Gasteiger partial charge >= 0.3 is 0 Å². The highest BCUT2D eigenvalue weighted by Crippen LogP contribution is 2.14. The Morgan fingerprint density at radius 3 is 2.65 bits per heavy atom. The number of halogens is 2. The van der Waals surface area contributed by atoms with Crippen LogP contribution in [0.4, 0.5) is 8.78 Å². The van der Waals surface area contributed by atoms with E-state index in [0.29, 0.717) is 13.2 Å². The second-order valence-electron chi connectivity index (χ2n) is 4.21. The van der Waals surface area contributed by atoms with E-state index in [-0.39, 0.29) is 17.6 Å². The number of hydrogen-bond donors (Lipinski definition) is 1. The standard InChI is InChI=1S/C13H15F2NO/c1-9-7-17-8-10(16-9)5-6-11-12(14)3-2-4-13(11)15/h2-6,9-10,16H,7-8H2,1H3/b6-5+. The van der Waals surface area contributed by atoms with Crippen molar-refractivity contribution in [1.29, 1.82) is 0 Å². The zero-order valence-corrected chi connectivity index (χ0v) is 9.62. The molecule has 4 heteroatoms. The van der Waals surface area contributed by atoms with E-state index in [0.717, 1.165) is 0 Å². The molecule has 0 radical (unpaired) electrons. The molecule has 2 atom stereocenters. The summed E-state index contributed by atoms with van der Waals surface area (Å²) in [4.78, 5) is 0. The van der Waals surface area contributed by atoms with Gasteiger partial charge in [0.2, 0.25) is 0 Å². The molecule has 0 aromatic heterocycles. The number of rotatable bonds is 2. The third-order valence-electron chi connectivity index (χ3n) is 2.66. The van der Waals surface area contributed by atoms with Crippen molar-refractivity contribution in [2.75, 3.05) is 13.2 Å². The minimum Gasteiger partial charge on any atom is -0.378 e. The Morgan fingerprint density at radius 2 is 2.00 bits per heavy atom. The largest absolute Gasteiger partial charge is 0.378 e. The van der Waals surface area contributed by atoms with Crippen molar-refractivity contribution in [1.82, 2.24) is 5.32 Å². The topological polar surface area (TPSA) is 21.3 Å². The zero-order chi connectivity index (χ0) is 12.3. The van der Waals surface area contributed by atoms with Gasteiger partial charge in [0.1, 0.15) is 11.6 Å². The zero-order valence-electron chi connectivity index (χ0n) is 9.62. The maximum Gasteiger partial charge on any atom is 0.133 e. The lowest BCUT2D eigenvalue weighted by Gasteiger charge is -2.26. The average molecular weight is 239 g/mol. The van der Waals surface area contributed by atoms with Gasteiger partial charge in [-0.1, -0.05) is 18.2 Å². The number of morpholine rings is 1. The van der Waals surface area contributed by atoms with E-state index in [1.54, 1.807) is 6.08 Å². The highest BCUT2D eigenvalue weighted by molar-refractivity contribution is 5.51. The first-order valence-electron chi connectivity index (χ1n) is 5.63. The molecule has 2 nitrogen and oxygen atoms in total. The summed E-state index contributed by atoms with van der Waals surface area (Å²) >= 11 is 0. The highest BCUT2D eigenvalue weighted by atomic mass is 19.1. The van der Waals surface area contributed by atoms with Crippen LogP contribution in [0, 0.1) is 11.6 Å². The van der Waals surface area contributed by atoms with Gasteiger partial charge in [0, 0.05) is 17.6 Å². The third kappa shape index (κ3) is 3.11. The first-order chi connectivity index (χ1) is 8.16. The van der Waals surface area contributed by atoms with Crippen LogP contribution in [0.25, 0.3) is 6.08 Å². The van der Waals surface area contributed by atoms with Crippen LogP contribution in [-0.4, -0.2) is 25.3 Å². The smallest absolute Gasteiger partial charge is 0.133 e. The molecule has 2 unspecified atom stereocenters. The van der Waals surface area contributed by atoms with E-state index in [1.807, 2.05) is 6.92 Å². The molecule has 0 aliphatic carbocycles. The van der Waals surface area contributed by atoms with Crippen LogP contribution in [0.5, 0.6) is 0 Å². The number of nitrogens with one attached hydrogen (secondary N) is 1. The van der Waals surface area contributed by atoms with Gasteiger partial charge in [-0.15, -0.1) is 0 Å². The van der Waals surface area contributed by atoms with Crippen molar-refractivity contribution >= 4 is 6.08 Å². The minimum absolute atomic E-state index is 0.00208. The molecular formula is C13H15F2NO. The molecule has 2 rings (SSSR count). The van der Waals surface area contributed by atoms with Crippen LogP contribution < -0.4 is 5.32 Å². The van der Waals surface area contributed by atoms with Crippen LogP contribution in [0.1, 0.15) is 12.5 Å². The predicted molar refractivity (Wildman–Crippen MR) is 62.6 cm³/mol. The van der Waals surface area contributed by atoms with Crippen LogP contribution in [0.2, 0.25) is 0 Å². The molecule has 1 heterocycles. The molecule has 92 valence electrons. The van der Waals surface area contributed by atoms with Crippen molar-refractivity contribution in [3.8, 4) is 0 Å². The van der Waals surface area contributed by atoms with E-state index in [1.165, 1.54) is 24.3 Å². The van der Waals surface area contributed by atoms with Gasteiger partial charge in [-0.25, -0.2) is 8.78 Å². The fourth-order valence-electron chi connectivity index (χ4n) is 1.83. The molecule has 0 saturated carbocycles.